The monoisotopic (exact) mass is 549 g/mol. The molecule has 7 nitrogen and oxygen atoms in total. The normalized spacial score (nSPS) is 17.5. The number of unbranched alkanes of at least 4 members (excludes halogenated alkanes) is 1. The summed E-state index contributed by atoms with van der Waals surface area (Å²) in [4.78, 5) is 33.6. The van der Waals surface area contributed by atoms with Crippen LogP contribution in [0.1, 0.15) is 55.4 Å². The molecule has 0 bridgehead atoms. The van der Waals surface area contributed by atoms with Crippen molar-refractivity contribution in [2.75, 3.05) is 37.6 Å². The Hall–Kier alpha value is -2.93. The zero-order valence-electron chi connectivity index (χ0n) is 22.4. The van der Waals surface area contributed by atoms with Crippen LogP contribution in [0.5, 0.6) is 0 Å². The molecule has 1 aromatic carbocycles. The van der Waals surface area contributed by atoms with Gasteiger partial charge in [-0.05, 0) is 37.0 Å². The minimum absolute atomic E-state index is 0.0989. The Morgan fingerprint density at radius 3 is 2.39 bits per heavy atom. The van der Waals surface area contributed by atoms with Crippen molar-refractivity contribution in [3.8, 4) is 6.07 Å². The summed E-state index contributed by atoms with van der Waals surface area (Å²) in [6.07, 6.45) is 4.48. The van der Waals surface area contributed by atoms with Gasteiger partial charge in [0.05, 0.1) is 4.91 Å². The number of pyridine rings is 1. The topological polar surface area (TPSA) is 72.6 Å². The Labute approximate surface area is 234 Å². The second-order valence-electron chi connectivity index (χ2n) is 9.74. The first-order chi connectivity index (χ1) is 18.4. The molecule has 0 atom stereocenters. The fraction of sp³-hybridized carbons (Fsp3) is 0.448. The van der Waals surface area contributed by atoms with E-state index >= 15 is 0 Å². The third-order valence-corrected chi connectivity index (χ3v) is 8.48. The first kappa shape index (κ1) is 28.1. The summed E-state index contributed by atoms with van der Waals surface area (Å²) in [7, 11) is 0. The number of carbonyl (C=O) groups excluding carboxylic acids is 1. The van der Waals surface area contributed by atoms with Crippen LogP contribution in [0.3, 0.4) is 0 Å². The molecule has 1 aromatic heterocycles. The highest BCUT2D eigenvalue weighted by Gasteiger charge is 2.33. The molecule has 9 heteroatoms. The number of rotatable bonds is 9. The molecule has 2 fully saturated rings. The van der Waals surface area contributed by atoms with Gasteiger partial charge >= 0.3 is 0 Å². The summed E-state index contributed by atoms with van der Waals surface area (Å²) in [5.74, 6) is 0.699. The maximum absolute atomic E-state index is 13.4. The number of hydrogen-bond acceptors (Lipinski definition) is 7. The molecule has 38 heavy (non-hydrogen) atoms. The summed E-state index contributed by atoms with van der Waals surface area (Å²) < 4.78 is 2.30. The average Bonchev–Trinajstić information content (AvgIpc) is 3.19. The third-order valence-electron chi connectivity index (χ3n) is 7.10. The quantitative estimate of drug-likeness (QED) is 0.330. The van der Waals surface area contributed by atoms with Crippen LogP contribution >= 0.6 is 24.0 Å². The number of carbonyl (C=O) groups is 1. The lowest BCUT2D eigenvalue weighted by molar-refractivity contribution is -0.122. The zero-order chi connectivity index (χ0) is 27.2. The maximum atomic E-state index is 13.4. The molecule has 0 aliphatic carbocycles. The van der Waals surface area contributed by atoms with Crippen molar-refractivity contribution in [2.45, 2.75) is 53.1 Å². The molecular weight excluding hydrogens is 514 g/mol. The molecule has 2 aliphatic rings. The van der Waals surface area contributed by atoms with Crippen molar-refractivity contribution >= 4 is 46.1 Å². The predicted molar refractivity (Wildman–Crippen MR) is 159 cm³/mol. The minimum atomic E-state index is -0.263. The van der Waals surface area contributed by atoms with Crippen molar-refractivity contribution in [1.29, 1.82) is 5.26 Å². The molecule has 0 radical (unpaired) electrons. The number of piperazine rings is 1. The Kier molecular flexibility index (Phi) is 9.42. The fourth-order valence-electron chi connectivity index (χ4n) is 5.02. The lowest BCUT2D eigenvalue weighted by atomic mass is 10.0. The number of thioether (sulfide) groups is 1. The van der Waals surface area contributed by atoms with Crippen LogP contribution in [0.15, 0.2) is 40.0 Å². The number of nitriles is 1. The number of thiocarbonyl (C=S) groups is 1. The van der Waals surface area contributed by atoms with E-state index in [0.29, 0.717) is 27.9 Å². The third kappa shape index (κ3) is 5.88. The molecule has 0 saturated carbocycles. The molecule has 2 aromatic rings. The number of anilines is 1. The van der Waals surface area contributed by atoms with E-state index in [2.05, 4.69) is 47.1 Å². The van der Waals surface area contributed by atoms with E-state index < -0.39 is 0 Å². The maximum Gasteiger partial charge on any atom is 0.270 e. The van der Waals surface area contributed by atoms with Crippen LogP contribution in [0, 0.1) is 18.3 Å². The standard InChI is InChI=1S/C29H35N5O2S2/c1-4-6-13-34-28(36)25(38-29(34)37)18-23-21(3)24(19-30)27(35)33(12-5-2)26(23)32-16-14-31(15-17-32)20-22-10-8-7-9-11-22/h7-11,18H,4-6,12-17,20H2,1-3H3/b25-18+. The number of amides is 1. The highest BCUT2D eigenvalue weighted by molar-refractivity contribution is 8.26. The predicted octanol–water partition coefficient (Wildman–Crippen LogP) is 4.76. The van der Waals surface area contributed by atoms with E-state index in [1.807, 2.05) is 26.0 Å². The van der Waals surface area contributed by atoms with Crippen molar-refractivity contribution in [1.82, 2.24) is 14.4 Å². The Morgan fingerprint density at radius 2 is 1.76 bits per heavy atom. The fourth-order valence-corrected chi connectivity index (χ4v) is 6.31. The molecular formula is C29H35N5O2S2. The van der Waals surface area contributed by atoms with Gasteiger partial charge in [-0.3, -0.25) is 24.0 Å². The van der Waals surface area contributed by atoms with Gasteiger partial charge in [0.15, 0.2) is 0 Å². The molecule has 2 saturated heterocycles. The zero-order valence-corrected chi connectivity index (χ0v) is 24.0. The van der Waals surface area contributed by atoms with Gasteiger partial charge in [-0.25, -0.2) is 0 Å². The molecule has 3 heterocycles. The van der Waals surface area contributed by atoms with Gasteiger partial charge < -0.3 is 4.90 Å². The van der Waals surface area contributed by atoms with Crippen LogP contribution in [-0.4, -0.2) is 57.3 Å². The van der Waals surface area contributed by atoms with Crippen molar-refractivity contribution in [2.24, 2.45) is 0 Å². The average molecular weight is 550 g/mol. The Balaban J connectivity index is 1.72. The van der Waals surface area contributed by atoms with Gasteiger partial charge in [-0.2, -0.15) is 5.26 Å². The van der Waals surface area contributed by atoms with Gasteiger partial charge in [-0.1, -0.05) is 74.6 Å². The molecule has 0 spiro atoms. The van der Waals surface area contributed by atoms with Gasteiger partial charge in [0, 0.05) is 51.4 Å². The number of hydrogen-bond donors (Lipinski definition) is 0. The van der Waals surface area contributed by atoms with Crippen LogP contribution in [0.4, 0.5) is 5.82 Å². The Morgan fingerprint density at radius 1 is 1.05 bits per heavy atom. The molecule has 1 amide bonds. The lowest BCUT2D eigenvalue weighted by Gasteiger charge is -2.38. The summed E-state index contributed by atoms with van der Waals surface area (Å²) in [5, 5.41) is 9.88. The molecule has 4 rings (SSSR count). The van der Waals surface area contributed by atoms with Crippen molar-refractivity contribution in [3.05, 3.63) is 67.8 Å². The number of benzene rings is 1. The first-order valence-electron chi connectivity index (χ1n) is 13.3. The molecule has 200 valence electrons. The van der Waals surface area contributed by atoms with E-state index in [-0.39, 0.29) is 17.0 Å². The van der Waals surface area contributed by atoms with Crippen LogP contribution < -0.4 is 10.5 Å². The second-order valence-corrected chi connectivity index (χ2v) is 11.4. The van der Waals surface area contributed by atoms with Crippen LogP contribution in [0.25, 0.3) is 6.08 Å². The van der Waals surface area contributed by atoms with E-state index in [4.69, 9.17) is 12.2 Å². The second kappa shape index (κ2) is 12.7. The van der Waals surface area contributed by atoms with E-state index in [1.165, 1.54) is 17.3 Å². The number of aromatic nitrogens is 1. The van der Waals surface area contributed by atoms with E-state index in [1.54, 1.807) is 9.47 Å². The molecule has 0 N–H and O–H groups in total. The van der Waals surface area contributed by atoms with Gasteiger partial charge in [0.1, 0.15) is 21.8 Å². The Bertz CT molecular complexity index is 1320. The summed E-state index contributed by atoms with van der Waals surface area (Å²) in [6, 6.07) is 12.6. The first-order valence-corrected chi connectivity index (χ1v) is 14.6. The summed E-state index contributed by atoms with van der Waals surface area (Å²) in [6.45, 7) is 11.1. The van der Waals surface area contributed by atoms with Crippen LogP contribution in [-0.2, 0) is 17.9 Å². The van der Waals surface area contributed by atoms with Gasteiger partial charge in [0.25, 0.3) is 11.5 Å². The number of nitrogens with zero attached hydrogens (tertiary/aromatic N) is 5. The highest BCUT2D eigenvalue weighted by atomic mass is 32.2. The van der Waals surface area contributed by atoms with Crippen molar-refractivity contribution in [3.63, 3.8) is 0 Å². The molecule has 2 aliphatic heterocycles. The van der Waals surface area contributed by atoms with E-state index in [9.17, 15) is 14.9 Å². The smallest absolute Gasteiger partial charge is 0.270 e. The largest absolute Gasteiger partial charge is 0.355 e. The SMILES string of the molecule is CCCCN1C(=O)/C(=C\c2c(C)c(C#N)c(=O)n(CCC)c2N2CCN(Cc3ccccc3)CC2)SC1=S. The minimum Gasteiger partial charge on any atom is -0.355 e. The molecule has 0 unspecified atom stereocenters. The summed E-state index contributed by atoms with van der Waals surface area (Å²) >= 11 is 6.82. The van der Waals surface area contributed by atoms with E-state index in [0.717, 1.165) is 63.4 Å². The van der Waals surface area contributed by atoms with Crippen LogP contribution in [0.2, 0.25) is 0 Å². The summed E-state index contributed by atoms with van der Waals surface area (Å²) in [5.41, 5.74) is 2.54. The highest BCUT2D eigenvalue weighted by Crippen LogP contribution is 2.36. The van der Waals surface area contributed by atoms with Crippen molar-refractivity contribution < 1.29 is 4.79 Å². The van der Waals surface area contributed by atoms with Gasteiger partial charge in [-0.15, -0.1) is 0 Å². The lowest BCUT2D eigenvalue weighted by Crippen LogP contribution is -2.48. The van der Waals surface area contributed by atoms with Gasteiger partial charge in [0.2, 0.25) is 0 Å².